The van der Waals surface area contributed by atoms with Gasteiger partial charge in [-0.3, -0.25) is 9.59 Å². The van der Waals surface area contributed by atoms with Gasteiger partial charge < -0.3 is 57.2 Å². The molecule has 0 radical (unpaired) electrons. The second kappa shape index (κ2) is 22.0. The zero-order valence-electron chi connectivity index (χ0n) is 44.2. The number of anilines is 2. The molecule has 6 atom stereocenters. The van der Waals surface area contributed by atoms with Crippen LogP contribution in [0.5, 0.6) is 23.0 Å². The van der Waals surface area contributed by atoms with E-state index in [9.17, 15) is 19.2 Å². The SMILES string of the molecule is C=C1C[C@H]2[C@H](OC3CCCCO3)N(C(=O)OC(C)(C)C)c3cc(OCc4cc(Br)cc(COc5cc6c(cc5OC)C(=O)N5CC(=C)C[C@H]5[C@H](OC5CCCCO5)N6C(=O)OC(C)(C)C)c4)c(OC)cc3C(=O)N2C1. The minimum atomic E-state index is -0.982. The topological polar surface area (TPSA) is 174 Å². The first kappa shape index (κ1) is 53.9. The highest BCUT2D eigenvalue weighted by Crippen LogP contribution is 2.46. The highest BCUT2D eigenvalue weighted by atomic mass is 79.9. The van der Waals surface area contributed by atoms with Crippen LogP contribution in [-0.4, -0.2) is 123 Å². The van der Waals surface area contributed by atoms with Crippen LogP contribution >= 0.6 is 15.9 Å². The Morgan fingerprint density at radius 2 is 1.03 bits per heavy atom. The highest BCUT2D eigenvalue weighted by Gasteiger charge is 2.51. The maximum atomic E-state index is 14.6. The zero-order valence-corrected chi connectivity index (χ0v) is 45.8. The van der Waals surface area contributed by atoms with Crippen LogP contribution in [0, 0.1) is 0 Å². The van der Waals surface area contributed by atoms with Gasteiger partial charge in [-0.1, -0.05) is 40.2 Å². The van der Waals surface area contributed by atoms with E-state index in [-0.39, 0.29) is 83.6 Å². The maximum absolute atomic E-state index is 14.6. The Labute approximate surface area is 447 Å². The minimum Gasteiger partial charge on any atom is -0.493 e. The Morgan fingerprint density at radius 3 is 1.39 bits per heavy atom. The number of halogens is 1. The number of ether oxygens (including phenoxy) is 10. The van der Waals surface area contributed by atoms with Crippen LogP contribution in [-0.2, 0) is 41.6 Å². The Bertz CT molecular complexity index is 2530. The van der Waals surface area contributed by atoms with E-state index in [1.165, 1.54) is 24.0 Å². The summed E-state index contributed by atoms with van der Waals surface area (Å²) in [6.07, 6.45) is 1.08. The van der Waals surface area contributed by atoms with E-state index in [0.29, 0.717) is 38.9 Å². The Balaban J connectivity index is 1.02. The number of amides is 4. The van der Waals surface area contributed by atoms with Gasteiger partial charge in [0.25, 0.3) is 11.8 Å². The molecular weight excluding hydrogens is 1030 g/mol. The number of carbonyl (C=O) groups is 4. The molecule has 0 bridgehead atoms. The van der Waals surface area contributed by atoms with Crippen LogP contribution in [0.2, 0.25) is 0 Å². The van der Waals surface area contributed by atoms with Gasteiger partial charge in [0.15, 0.2) is 48.0 Å². The van der Waals surface area contributed by atoms with Gasteiger partial charge in [0.2, 0.25) is 0 Å². The lowest BCUT2D eigenvalue weighted by Gasteiger charge is -2.39. The highest BCUT2D eigenvalue weighted by molar-refractivity contribution is 9.10. The average Bonchev–Trinajstić information content (AvgIpc) is 3.93. The van der Waals surface area contributed by atoms with Crippen LogP contribution < -0.4 is 28.7 Å². The predicted octanol–water partition coefficient (Wildman–Crippen LogP) is 10.4. The summed E-state index contributed by atoms with van der Waals surface area (Å²) >= 11 is 3.67. The molecule has 4 fully saturated rings. The van der Waals surface area contributed by atoms with Crippen molar-refractivity contribution in [2.75, 3.05) is 50.3 Å². The van der Waals surface area contributed by atoms with Crippen molar-refractivity contribution >= 4 is 51.3 Å². The Morgan fingerprint density at radius 1 is 0.613 bits per heavy atom. The fraction of sp³-hybridized carbons (Fsp3) is 0.536. The second-order valence-electron chi connectivity index (χ2n) is 21.8. The molecule has 4 amide bonds. The third-order valence-corrected chi connectivity index (χ3v) is 14.1. The third kappa shape index (κ3) is 11.9. The van der Waals surface area contributed by atoms with Gasteiger partial charge in [-0.05, 0) is 134 Å². The van der Waals surface area contributed by atoms with Crippen molar-refractivity contribution in [3.8, 4) is 23.0 Å². The second-order valence-corrected chi connectivity index (χ2v) is 22.8. The first-order valence-electron chi connectivity index (χ1n) is 25.7. The summed E-state index contributed by atoms with van der Waals surface area (Å²) in [5.74, 6) is 0.429. The molecule has 2 unspecified atom stereocenters. The molecule has 0 aromatic heterocycles. The summed E-state index contributed by atoms with van der Waals surface area (Å²) in [4.78, 5) is 64.4. The van der Waals surface area contributed by atoms with E-state index < -0.39 is 60.5 Å². The van der Waals surface area contributed by atoms with Crippen LogP contribution in [0.1, 0.15) is 125 Å². The number of fused-ring (bicyclic) bond motifs is 4. The van der Waals surface area contributed by atoms with E-state index in [4.69, 9.17) is 47.4 Å². The number of hydrogen-bond donors (Lipinski definition) is 0. The lowest BCUT2D eigenvalue weighted by Crippen LogP contribution is -2.54. The number of hydrogen-bond acceptors (Lipinski definition) is 14. The van der Waals surface area contributed by atoms with Gasteiger partial charge in [0.1, 0.15) is 24.4 Å². The summed E-state index contributed by atoms with van der Waals surface area (Å²) in [6, 6.07) is 11.0. The summed E-state index contributed by atoms with van der Waals surface area (Å²) in [5.41, 5.74) is 2.26. The lowest BCUT2D eigenvalue weighted by molar-refractivity contribution is -0.196. The van der Waals surface area contributed by atoms with Crippen molar-refractivity contribution < 1.29 is 66.5 Å². The molecule has 9 rings (SSSR count). The summed E-state index contributed by atoms with van der Waals surface area (Å²) in [5, 5.41) is 0. The molecule has 0 spiro atoms. The molecule has 4 saturated heterocycles. The first-order chi connectivity index (χ1) is 35.7. The van der Waals surface area contributed by atoms with Crippen molar-refractivity contribution in [1.82, 2.24) is 9.80 Å². The summed E-state index contributed by atoms with van der Waals surface area (Å²) < 4.78 is 63.0. The van der Waals surface area contributed by atoms with Gasteiger partial charge in [-0.2, -0.15) is 0 Å². The molecule has 0 aliphatic carbocycles. The minimum absolute atomic E-state index is 0.0255. The van der Waals surface area contributed by atoms with Crippen LogP contribution in [0.4, 0.5) is 21.0 Å². The number of benzene rings is 3. The van der Waals surface area contributed by atoms with Crippen LogP contribution in [0.15, 0.2) is 71.2 Å². The van der Waals surface area contributed by atoms with Gasteiger partial charge >= 0.3 is 12.2 Å². The van der Waals surface area contributed by atoms with Gasteiger partial charge in [0.05, 0.1) is 48.8 Å². The van der Waals surface area contributed by atoms with E-state index >= 15 is 0 Å². The fourth-order valence-corrected chi connectivity index (χ4v) is 11.0. The quantitative estimate of drug-likeness (QED) is 0.157. The molecule has 3 aromatic carbocycles. The van der Waals surface area contributed by atoms with Crippen molar-refractivity contribution in [1.29, 1.82) is 0 Å². The molecule has 6 aliphatic rings. The number of nitrogens with zero attached hydrogens (tertiary/aromatic N) is 4. The zero-order chi connectivity index (χ0) is 53.5. The van der Waals surface area contributed by atoms with Crippen molar-refractivity contribution in [3.63, 3.8) is 0 Å². The molecule has 19 heteroatoms. The van der Waals surface area contributed by atoms with E-state index in [1.807, 2.05) is 18.2 Å². The molecule has 18 nitrogen and oxygen atoms in total. The van der Waals surface area contributed by atoms with Crippen molar-refractivity contribution in [2.24, 2.45) is 0 Å². The number of carbonyl (C=O) groups excluding carboxylic acids is 4. The Hall–Kier alpha value is -5.86. The number of rotatable bonds is 12. The smallest absolute Gasteiger partial charge is 0.417 e. The molecule has 6 aliphatic heterocycles. The number of methoxy groups -OCH3 is 2. The monoisotopic (exact) mass is 1100 g/mol. The largest absolute Gasteiger partial charge is 0.493 e. The van der Waals surface area contributed by atoms with Crippen LogP contribution in [0.3, 0.4) is 0 Å². The molecule has 75 heavy (non-hydrogen) atoms. The van der Waals surface area contributed by atoms with Crippen molar-refractivity contribution in [3.05, 3.63) is 93.5 Å². The Kier molecular flexibility index (Phi) is 15.8. The molecule has 3 aromatic rings. The lowest BCUT2D eigenvalue weighted by atomic mass is 10.1. The third-order valence-electron chi connectivity index (χ3n) is 13.7. The summed E-state index contributed by atoms with van der Waals surface area (Å²) in [6.45, 7) is 20.8. The van der Waals surface area contributed by atoms with Crippen molar-refractivity contribution in [2.45, 2.75) is 154 Å². The van der Waals surface area contributed by atoms with Gasteiger partial charge in [-0.25, -0.2) is 19.4 Å². The van der Waals surface area contributed by atoms with E-state index in [0.717, 1.165) is 52.4 Å². The average molecular weight is 1100 g/mol. The molecule has 6 heterocycles. The van der Waals surface area contributed by atoms with Gasteiger partial charge in [-0.15, -0.1) is 0 Å². The first-order valence-corrected chi connectivity index (χ1v) is 26.5. The molecular formula is C56H69BrN4O14. The molecule has 0 N–H and O–H groups in total. The van der Waals surface area contributed by atoms with E-state index in [2.05, 4.69) is 29.1 Å². The molecule has 404 valence electrons. The molecule has 0 saturated carbocycles. The fourth-order valence-electron chi connectivity index (χ4n) is 10.4. The standard InChI is InChI=1S/C56H69BrN4O14/c1-32-19-41-51(72-47-15-11-13-17-68-47)60(53(64)74-55(3,4)5)39-26-45(43(66-9)24-37(39)49(62)58(41)28-32)70-30-34-21-35(23-36(57)22-34)31-71-46-27-40-38(25-44(46)67-10)50(63)59-29-33(2)20-42(59)52(73-48-16-12-14-18-69-48)61(40)54(65)75-56(6,7)8/h21-27,41-42,47-48,51-52H,1-2,11-20,28-31H2,3-10H3/t41-,42-,47?,48?,51-,52-/m0/s1. The van der Waals surface area contributed by atoms with Crippen LogP contribution in [0.25, 0.3) is 0 Å². The summed E-state index contributed by atoms with van der Waals surface area (Å²) in [7, 11) is 2.97. The normalized spacial score (nSPS) is 23.9. The maximum Gasteiger partial charge on any atom is 0.417 e. The van der Waals surface area contributed by atoms with Gasteiger partial charge in [0, 0.05) is 42.9 Å². The van der Waals surface area contributed by atoms with E-state index in [1.54, 1.807) is 75.6 Å². The predicted molar refractivity (Wildman–Crippen MR) is 280 cm³/mol.